The number of hydrogen-bond donors (Lipinski definition) is 2. The van der Waals surface area contributed by atoms with Crippen molar-refractivity contribution >= 4 is 17.1 Å². The van der Waals surface area contributed by atoms with E-state index in [0.29, 0.717) is 6.01 Å². The lowest BCUT2D eigenvalue weighted by Crippen LogP contribution is -2.05. The second kappa shape index (κ2) is 4.99. The summed E-state index contributed by atoms with van der Waals surface area (Å²) in [6.45, 7) is 3.62. The maximum absolute atomic E-state index is 5.55. The first-order chi connectivity index (χ1) is 7.79. The number of nitrogens with zero attached hydrogens (tertiary/aromatic N) is 1. The Kier molecular flexibility index (Phi) is 3.41. The number of fused-ring (bicyclic) bond motifs is 1. The summed E-state index contributed by atoms with van der Waals surface area (Å²) >= 11 is 0. The van der Waals surface area contributed by atoms with Crippen molar-refractivity contribution in [1.82, 2.24) is 4.98 Å². The lowest BCUT2D eigenvalue weighted by molar-refractivity contribution is 0.610. The van der Waals surface area contributed by atoms with Crippen molar-refractivity contribution in [3.05, 3.63) is 23.8 Å². The van der Waals surface area contributed by atoms with Crippen LogP contribution in [0, 0.1) is 6.92 Å². The van der Waals surface area contributed by atoms with E-state index in [1.165, 1.54) is 5.56 Å². The Morgan fingerprint density at radius 1 is 1.38 bits per heavy atom. The topological polar surface area (TPSA) is 64.1 Å². The molecule has 1 heterocycles. The molecule has 0 radical (unpaired) electrons. The summed E-state index contributed by atoms with van der Waals surface area (Å²) in [6, 6.07) is 6.58. The zero-order valence-corrected chi connectivity index (χ0v) is 9.49. The molecule has 0 bridgehead atoms. The van der Waals surface area contributed by atoms with Crippen LogP contribution in [0.25, 0.3) is 11.1 Å². The summed E-state index contributed by atoms with van der Waals surface area (Å²) in [5.41, 5.74) is 8.34. The number of unbranched alkanes of at least 4 members (excludes halogenated alkanes) is 1. The van der Waals surface area contributed by atoms with Gasteiger partial charge in [-0.25, -0.2) is 0 Å². The Labute approximate surface area is 94.8 Å². The van der Waals surface area contributed by atoms with Crippen molar-refractivity contribution in [2.24, 2.45) is 5.73 Å². The van der Waals surface area contributed by atoms with E-state index in [2.05, 4.69) is 10.3 Å². The van der Waals surface area contributed by atoms with Gasteiger partial charge in [-0.15, -0.1) is 0 Å². The van der Waals surface area contributed by atoms with Crippen LogP contribution < -0.4 is 11.1 Å². The van der Waals surface area contributed by atoms with Crippen LogP contribution in [-0.2, 0) is 0 Å². The highest BCUT2D eigenvalue weighted by molar-refractivity contribution is 5.75. The minimum absolute atomic E-state index is 0.595. The van der Waals surface area contributed by atoms with Gasteiger partial charge in [0.05, 0.1) is 0 Å². The highest BCUT2D eigenvalue weighted by atomic mass is 16.4. The molecular formula is C12H17N3O. The minimum atomic E-state index is 0.595. The molecule has 0 spiro atoms. The molecule has 1 aromatic heterocycles. The van der Waals surface area contributed by atoms with Gasteiger partial charge < -0.3 is 15.5 Å². The third-order valence-corrected chi connectivity index (χ3v) is 2.45. The third kappa shape index (κ3) is 2.52. The maximum atomic E-state index is 5.55. The van der Waals surface area contributed by atoms with E-state index in [0.717, 1.165) is 37.0 Å². The predicted molar refractivity (Wildman–Crippen MR) is 65.5 cm³/mol. The largest absolute Gasteiger partial charge is 0.424 e. The number of benzene rings is 1. The van der Waals surface area contributed by atoms with Gasteiger partial charge in [-0.05, 0) is 44.0 Å². The average molecular weight is 219 g/mol. The van der Waals surface area contributed by atoms with Gasteiger partial charge in [-0.2, -0.15) is 4.98 Å². The molecule has 0 saturated heterocycles. The number of aromatic nitrogens is 1. The van der Waals surface area contributed by atoms with Gasteiger partial charge in [0, 0.05) is 6.54 Å². The van der Waals surface area contributed by atoms with Crippen LogP contribution in [0.15, 0.2) is 22.6 Å². The van der Waals surface area contributed by atoms with Crippen LogP contribution in [0.1, 0.15) is 18.4 Å². The first kappa shape index (κ1) is 11.0. The van der Waals surface area contributed by atoms with Crippen LogP contribution in [0.2, 0.25) is 0 Å². The number of nitrogens with one attached hydrogen (secondary N) is 1. The summed E-state index contributed by atoms with van der Waals surface area (Å²) < 4.78 is 5.55. The molecule has 0 saturated carbocycles. The summed E-state index contributed by atoms with van der Waals surface area (Å²) in [7, 11) is 0. The molecule has 0 unspecified atom stereocenters. The van der Waals surface area contributed by atoms with E-state index in [9.17, 15) is 0 Å². The number of aryl methyl sites for hydroxylation is 1. The first-order valence-corrected chi connectivity index (χ1v) is 5.61. The van der Waals surface area contributed by atoms with Gasteiger partial charge >= 0.3 is 0 Å². The Balaban J connectivity index is 2.02. The van der Waals surface area contributed by atoms with E-state index < -0.39 is 0 Å². The molecular weight excluding hydrogens is 202 g/mol. The molecule has 4 nitrogen and oxygen atoms in total. The molecule has 0 fully saturated rings. The zero-order chi connectivity index (χ0) is 11.4. The molecule has 2 aromatic rings. The Morgan fingerprint density at radius 3 is 3.06 bits per heavy atom. The predicted octanol–water partition coefficient (Wildman–Crippen LogP) is 2.29. The van der Waals surface area contributed by atoms with Crippen molar-refractivity contribution in [3.63, 3.8) is 0 Å². The Morgan fingerprint density at radius 2 is 2.25 bits per heavy atom. The van der Waals surface area contributed by atoms with Crippen LogP contribution in [0.4, 0.5) is 6.01 Å². The number of hydrogen-bond acceptors (Lipinski definition) is 4. The van der Waals surface area contributed by atoms with Crippen LogP contribution in [0.3, 0.4) is 0 Å². The molecule has 86 valence electrons. The highest BCUT2D eigenvalue weighted by Crippen LogP contribution is 2.19. The van der Waals surface area contributed by atoms with E-state index in [-0.39, 0.29) is 0 Å². The molecule has 1 aromatic carbocycles. The maximum Gasteiger partial charge on any atom is 0.295 e. The molecule has 2 rings (SSSR count). The van der Waals surface area contributed by atoms with Crippen LogP contribution in [-0.4, -0.2) is 18.1 Å². The van der Waals surface area contributed by atoms with Gasteiger partial charge in [0.1, 0.15) is 5.52 Å². The number of anilines is 1. The summed E-state index contributed by atoms with van der Waals surface area (Å²) in [5.74, 6) is 0. The highest BCUT2D eigenvalue weighted by Gasteiger charge is 2.04. The van der Waals surface area contributed by atoms with Crippen LogP contribution >= 0.6 is 0 Å². The molecule has 0 aliphatic rings. The number of rotatable bonds is 5. The third-order valence-electron chi connectivity index (χ3n) is 2.45. The fourth-order valence-corrected chi connectivity index (χ4v) is 1.58. The van der Waals surface area contributed by atoms with Gasteiger partial charge in [-0.1, -0.05) is 6.07 Å². The summed E-state index contributed by atoms with van der Waals surface area (Å²) in [4.78, 5) is 4.36. The van der Waals surface area contributed by atoms with E-state index in [1.807, 2.05) is 25.1 Å². The first-order valence-electron chi connectivity index (χ1n) is 5.61. The Hall–Kier alpha value is -1.55. The molecule has 16 heavy (non-hydrogen) atoms. The van der Waals surface area contributed by atoms with Crippen molar-refractivity contribution < 1.29 is 4.42 Å². The van der Waals surface area contributed by atoms with Gasteiger partial charge in [0.25, 0.3) is 6.01 Å². The van der Waals surface area contributed by atoms with E-state index in [4.69, 9.17) is 10.2 Å². The summed E-state index contributed by atoms with van der Waals surface area (Å²) in [5, 5.41) is 3.16. The van der Waals surface area contributed by atoms with Gasteiger partial charge in [0.15, 0.2) is 5.58 Å². The standard InChI is InChI=1S/C12H17N3O/c1-9-4-5-11-10(8-9)15-12(16-11)14-7-3-2-6-13/h4-5,8H,2-3,6-7,13H2,1H3,(H,14,15). The molecule has 4 heteroatoms. The number of nitrogens with two attached hydrogens (primary N) is 1. The normalized spacial score (nSPS) is 10.9. The minimum Gasteiger partial charge on any atom is -0.424 e. The van der Waals surface area contributed by atoms with E-state index >= 15 is 0 Å². The summed E-state index contributed by atoms with van der Waals surface area (Å²) in [6.07, 6.45) is 2.06. The second-order valence-corrected chi connectivity index (χ2v) is 3.91. The Bertz CT molecular complexity index is 464. The molecule has 3 N–H and O–H groups in total. The monoisotopic (exact) mass is 219 g/mol. The average Bonchev–Trinajstić information content (AvgIpc) is 2.66. The van der Waals surface area contributed by atoms with Gasteiger partial charge in [-0.3, -0.25) is 0 Å². The molecule has 0 amide bonds. The lowest BCUT2D eigenvalue weighted by Gasteiger charge is -1.98. The molecule has 0 atom stereocenters. The quantitative estimate of drug-likeness (QED) is 0.757. The fourth-order valence-electron chi connectivity index (χ4n) is 1.58. The number of oxazole rings is 1. The molecule has 0 aliphatic heterocycles. The lowest BCUT2D eigenvalue weighted by atomic mass is 10.2. The van der Waals surface area contributed by atoms with Crippen LogP contribution in [0.5, 0.6) is 0 Å². The second-order valence-electron chi connectivity index (χ2n) is 3.91. The SMILES string of the molecule is Cc1ccc2oc(NCCCCN)nc2c1. The van der Waals surface area contributed by atoms with Crippen molar-refractivity contribution in [1.29, 1.82) is 0 Å². The van der Waals surface area contributed by atoms with Crippen molar-refractivity contribution in [2.45, 2.75) is 19.8 Å². The van der Waals surface area contributed by atoms with Gasteiger partial charge in [0.2, 0.25) is 0 Å². The van der Waals surface area contributed by atoms with Crippen molar-refractivity contribution in [2.75, 3.05) is 18.4 Å². The zero-order valence-electron chi connectivity index (χ0n) is 9.49. The van der Waals surface area contributed by atoms with Crippen molar-refractivity contribution in [3.8, 4) is 0 Å². The molecule has 0 aliphatic carbocycles. The smallest absolute Gasteiger partial charge is 0.295 e. The van der Waals surface area contributed by atoms with E-state index in [1.54, 1.807) is 0 Å². The fraction of sp³-hybridized carbons (Fsp3) is 0.417.